The van der Waals surface area contributed by atoms with Crippen molar-refractivity contribution in [2.75, 3.05) is 25.5 Å². The van der Waals surface area contributed by atoms with Crippen molar-refractivity contribution in [3.63, 3.8) is 0 Å². The molecular weight excluding hydrogens is 378 g/mol. The number of anilines is 1. The molecule has 2 amide bonds. The Kier molecular flexibility index (Phi) is 6.90. The quantitative estimate of drug-likeness (QED) is 0.695. The molecule has 0 saturated carbocycles. The summed E-state index contributed by atoms with van der Waals surface area (Å²) in [4.78, 5) is 25.4. The third-order valence-electron chi connectivity index (χ3n) is 4.74. The average molecular weight is 402 g/mol. The van der Waals surface area contributed by atoms with E-state index >= 15 is 0 Å². The summed E-state index contributed by atoms with van der Waals surface area (Å²) in [7, 11) is 1.53. The van der Waals surface area contributed by atoms with Crippen LogP contribution in [0.5, 0.6) is 5.75 Å². The van der Waals surface area contributed by atoms with Crippen LogP contribution in [0.4, 0.5) is 5.69 Å². The number of hydrogen-bond donors (Lipinski definition) is 3. The SMILES string of the molecule is COc1cccc(C(=O)NC2CCNCC2)c1CC(=O)Nc1ccc(Cl)cc1. The minimum Gasteiger partial charge on any atom is -0.496 e. The van der Waals surface area contributed by atoms with Crippen LogP contribution in [0.2, 0.25) is 5.02 Å². The Hall–Kier alpha value is -2.57. The molecule has 0 aromatic heterocycles. The average Bonchev–Trinajstić information content (AvgIpc) is 2.70. The first-order valence-corrected chi connectivity index (χ1v) is 9.67. The Morgan fingerprint density at radius 2 is 1.86 bits per heavy atom. The van der Waals surface area contributed by atoms with E-state index in [0.717, 1.165) is 25.9 Å². The van der Waals surface area contributed by atoms with Crippen molar-refractivity contribution in [3.8, 4) is 5.75 Å². The molecule has 3 N–H and O–H groups in total. The van der Waals surface area contributed by atoms with E-state index in [9.17, 15) is 9.59 Å². The maximum Gasteiger partial charge on any atom is 0.251 e. The lowest BCUT2D eigenvalue weighted by molar-refractivity contribution is -0.115. The highest BCUT2D eigenvalue weighted by Crippen LogP contribution is 2.24. The molecule has 3 rings (SSSR count). The van der Waals surface area contributed by atoms with Gasteiger partial charge in [-0.15, -0.1) is 0 Å². The Labute approximate surface area is 169 Å². The molecule has 0 unspecified atom stereocenters. The molecule has 2 aromatic carbocycles. The molecule has 6 nitrogen and oxygen atoms in total. The molecule has 2 aromatic rings. The molecule has 0 bridgehead atoms. The summed E-state index contributed by atoms with van der Waals surface area (Å²) >= 11 is 5.88. The molecule has 1 aliphatic heterocycles. The van der Waals surface area contributed by atoms with Crippen molar-refractivity contribution in [1.29, 1.82) is 0 Å². The van der Waals surface area contributed by atoms with Crippen LogP contribution < -0.4 is 20.7 Å². The highest BCUT2D eigenvalue weighted by atomic mass is 35.5. The number of piperidine rings is 1. The van der Waals surface area contributed by atoms with Gasteiger partial charge in [-0.2, -0.15) is 0 Å². The van der Waals surface area contributed by atoms with Crippen molar-refractivity contribution in [2.24, 2.45) is 0 Å². The normalized spacial score (nSPS) is 14.4. The molecule has 0 radical (unpaired) electrons. The fourth-order valence-electron chi connectivity index (χ4n) is 3.28. The number of ether oxygens (including phenoxy) is 1. The molecule has 0 atom stereocenters. The van der Waals surface area contributed by atoms with Crippen LogP contribution >= 0.6 is 11.6 Å². The minimum atomic E-state index is -0.234. The number of benzene rings is 2. The van der Waals surface area contributed by atoms with Gasteiger partial charge >= 0.3 is 0 Å². The zero-order valence-electron chi connectivity index (χ0n) is 15.8. The minimum absolute atomic E-state index is 0.0294. The van der Waals surface area contributed by atoms with Gasteiger partial charge < -0.3 is 20.7 Å². The molecule has 148 valence electrons. The fraction of sp³-hybridized carbons (Fsp3) is 0.333. The lowest BCUT2D eigenvalue weighted by Gasteiger charge is -2.24. The third-order valence-corrected chi connectivity index (χ3v) is 4.99. The van der Waals surface area contributed by atoms with E-state index in [1.807, 2.05) is 0 Å². The Balaban J connectivity index is 1.75. The van der Waals surface area contributed by atoms with Crippen molar-refractivity contribution < 1.29 is 14.3 Å². The Bertz CT molecular complexity index is 833. The van der Waals surface area contributed by atoms with Crippen molar-refractivity contribution >= 4 is 29.1 Å². The standard InChI is InChI=1S/C21H24ClN3O3/c1-28-19-4-2-3-17(21(27)25-16-9-11-23-12-10-16)18(19)13-20(26)24-15-7-5-14(22)6-8-15/h2-8,16,23H,9-13H2,1H3,(H,24,26)(H,25,27). The lowest BCUT2D eigenvalue weighted by Crippen LogP contribution is -2.43. The number of halogens is 1. The van der Waals surface area contributed by atoms with Crippen molar-refractivity contribution in [2.45, 2.75) is 25.3 Å². The van der Waals surface area contributed by atoms with Gasteiger partial charge in [0.05, 0.1) is 13.5 Å². The van der Waals surface area contributed by atoms with Gasteiger partial charge in [-0.05, 0) is 62.3 Å². The first-order valence-electron chi connectivity index (χ1n) is 9.29. The van der Waals surface area contributed by atoms with Gasteiger partial charge in [-0.3, -0.25) is 9.59 Å². The van der Waals surface area contributed by atoms with Crippen LogP contribution in [-0.2, 0) is 11.2 Å². The second-order valence-electron chi connectivity index (χ2n) is 6.72. The number of rotatable bonds is 6. The van der Waals surface area contributed by atoms with Gasteiger partial charge in [0.2, 0.25) is 5.91 Å². The molecule has 28 heavy (non-hydrogen) atoms. The molecule has 0 spiro atoms. The number of amides is 2. The summed E-state index contributed by atoms with van der Waals surface area (Å²) in [5, 5.41) is 9.77. The molecule has 1 heterocycles. The van der Waals surface area contributed by atoms with Crippen molar-refractivity contribution in [1.82, 2.24) is 10.6 Å². The second kappa shape index (κ2) is 9.57. The van der Waals surface area contributed by atoms with Crippen LogP contribution in [0.1, 0.15) is 28.8 Å². The molecule has 1 saturated heterocycles. The summed E-state index contributed by atoms with van der Waals surface area (Å²) in [5.41, 5.74) is 1.68. The fourth-order valence-corrected chi connectivity index (χ4v) is 3.41. The largest absolute Gasteiger partial charge is 0.496 e. The molecule has 1 fully saturated rings. The van der Waals surface area contributed by atoms with E-state index in [2.05, 4.69) is 16.0 Å². The molecule has 0 aliphatic carbocycles. The van der Waals surface area contributed by atoms with Crippen LogP contribution in [0.15, 0.2) is 42.5 Å². The van der Waals surface area contributed by atoms with E-state index in [4.69, 9.17) is 16.3 Å². The lowest BCUT2D eigenvalue weighted by atomic mass is 10.0. The van der Waals surface area contributed by atoms with Gasteiger partial charge in [0.1, 0.15) is 5.75 Å². The summed E-state index contributed by atoms with van der Waals surface area (Å²) in [6.45, 7) is 1.78. The monoisotopic (exact) mass is 401 g/mol. The highest BCUT2D eigenvalue weighted by Gasteiger charge is 2.21. The molecular formula is C21H24ClN3O3. The maximum atomic E-state index is 12.8. The van der Waals surface area contributed by atoms with E-state index in [1.165, 1.54) is 7.11 Å². The van der Waals surface area contributed by atoms with Crippen LogP contribution in [0.3, 0.4) is 0 Å². The first-order chi connectivity index (χ1) is 13.6. The highest BCUT2D eigenvalue weighted by molar-refractivity contribution is 6.30. The predicted octanol–water partition coefficient (Wildman–Crippen LogP) is 3.01. The van der Waals surface area contributed by atoms with Gasteiger partial charge in [0.25, 0.3) is 5.91 Å². The summed E-state index contributed by atoms with van der Waals surface area (Å²) in [6.07, 6.45) is 1.81. The molecule has 7 heteroatoms. The van der Waals surface area contributed by atoms with E-state index in [0.29, 0.717) is 27.6 Å². The zero-order valence-corrected chi connectivity index (χ0v) is 16.5. The number of hydrogen-bond acceptors (Lipinski definition) is 4. The third kappa shape index (κ3) is 5.24. The zero-order chi connectivity index (χ0) is 19.9. The van der Waals surface area contributed by atoms with Gasteiger partial charge in [0.15, 0.2) is 0 Å². The number of carbonyl (C=O) groups excluding carboxylic acids is 2. The number of nitrogens with one attached hydrogen (secondary N) is 3. The maximum absolute atomic E-state index is 12.8. The van der Waals surface area contributed by atoms with E-state index < -0.39 is 0 Å². The van der Waals surface area contributed by atoms with Gasteiger partial charge in [-0.1, -0.05) is 17.7 Å². The van der Waals surface area contributed by atoms with Gasteiger partial charge in [0, 0.05) is 27.9 Å². The van der Waals surface area contributed by atoms with E-state index in [-0.39, 0.29) is 24.3 Å². The van der Waals surface area contributed by atoms with E-state index in [1.54, 1.807) is 42.5 Å². The topological polar surface area (TPSA) is 79.5 Å². The van der Waals surface area contributed by atoms with Crippen LogP contribution in [-0.4, -0.2) is 38.1 Å². The second-order valence-corrected chi connectivity index (χ2v) is 7.15. The summed E-state index contributed by atoms with van der Waals surface area (Å²) in [6, 6.07) is 12.2. The van der Waals surface area contributed by atoms with Crippen LogP contribution in [0.25, 0.3) is 0 Å². The number of methoxy groups -OCH3 is 1. The van der Waals surface area contributed by atoms with Gasteiger partial charge in [-0.25, -0.2) is 0 Å². The predicted molar refractivity (Wildman–Crippen MR) is 110 cm³/mol. The molecule has 1 aliphatic rings. The summed E-state index contributed by atoms with van der Waals surface area (Å²) in [5.74, 6) is 0.104. The summed E-state index contributed by atoms with van der Waals surface area (Å²) < 4.78 is 5.41. The van der Waals surface area contributed by atoms with Crippen LogP contribution in [0, 0.1) is 0 Å². The Morgan fingerprint density at radius 3 is 2.54 bits per heavy atom. The van der Waals surface area contributed by atoms with Crippen molar-refractivity contribution in [3.05, 3.63) is 58.6 Å². The smallest absolute Gasteiger partial charge is 0.251 e. The first kappa shape index (κ1) is 20.2. The Morgan fingerprint density at radius 1 is 1.14 bits per heavy atom. The number of carbonyl (C=O) groups is 2.